The van der Waals surface area contributed by atoms with E-state index in [4.69, 9.17) is 5.11 Å². The predicted molar refractivity (Wildman–Crippen MR) is 76.3 cm³/mol. The molecule has 3 rings (SSSR count). The Morgan fingerprint density at radius 2 is 2.19 bits per heavy atom. The highest BCUT2D eigenvalue weighted by Crippen LogP contribution is 2.31. The van der Waals surface area contributed by atoms with E-state index in [0.29, 0.717) is 23.8 Å². The molecule has 1 saturated carbocycles. The van der Waals surface area contributed by atoms with Crippen LogP contribution in [0.2, 0.25) is 0 Å². The third-order valence-corrected chi connectivity index (χ3v) is 4.04. The Balaban J connectivity index is 1.98. The molecule has 0 unspecified atom stereocenters. The summed E-state index contributed by atoms with van der Waals surface area (Å²) in [6.07, 6.45) is 1.25. The van der Waals surface area contributed by atoms with Crippen molar-refractivity contribution in [3.63, 3.8) is 0 Å². The molecule has 1 aromatic heterocycles. The second kappa shape index (κ2) is 4.91. The normalized spacial score (nSPS) is 16.4. The molecule has 0 aromatic carbocycles. The summed E-state index contributed by atoms with van der Waals surface area (Å²) in [5.41, 5.74) is 2.07. The van der Waals surface area contributed by atoms with E-state index in [2.05, 4.69) is 15.2 Å². The van der Waals surface area contributed by atoms with Gasteiger partial charge in [-0.25, -0.2) is 9.78 Å². The number of nitrogens with one attached hydrogen (secondary N) is 1. The Morgan fingerprint density at radius 1 is 1.48 bits per heavy atom. The largest absolute Gasteiger partial charge is 0.465 e. The Kier molecular flexibility index (Phi) is 3.19. The maximum Gasteiger partial charge on any atom is 0.407 e. The number of carboxylic acid groups (broad SMARTS) is 1. The molecule has 21 heavy (non-hydrogen) atoms. The van der Waals surface area contributed by atoms with Crippen LogP contribution in [0, 0.1) is 0 Å². The van der Waals surface area contributed by atoms with Crippen molar-refractivity contribution in [1.82, 2.24) is 15.2 Å². The molecule has 2 heterocycles. The summed E-state index contributed by atoms with van der Waals surface area (Å²) in [6, 6.07) is 2.28. The van der Waals surface area contributed by atoms with E-state index in [1.165, 1.54) is 11.9 Å². The summed E-state index contributed by atoms with van der Waals surface area (Å²) in [7, 11) is 3.46. The highest BCUT2D eigenvalue weighted by Gasteiger charge is 2.30. The smallest absolute Gasteiger partial charge is 0.407 e. The van der Waals surface area contributed by atoms with E-state index < -0.39 is 6.09 Å². The lowest BCUT2D eigenvalue weighted by atomic mass is 10.1. The maximum atomic E-state index is 11.9. The monoisotopic (exact) mass is 290 g/mol. The number of anilines is 1. The van der Waals surface area contributed by atoms with Gasteiger partial charge in [0.05, 0.1) is 12.2 Å². The minimum atomic E-state index is -1.01. The van der Waals surface area contributed by atoms with Crippen LogP contribution >= 0.6 is 0 Å². The first-order valence-electron chi connectivity index (χ1n) is 6.95. The van der Waals surface area contributed by atoms with Crippen molar-refractivity contribution in [3.8, 4) is 0 Å². The Labute approximate surface area is 122 Å². The molecular formula is C14H18N4O3. The van der Waals surface area contributed by atoms with Crippen LogP contribution in [0.1, 0.15) is 34.5 Å². The number of aromatic nitrogens is 1. The van der Waals surface area contributed by atoms with Crippen LogP contribution in [0.5, 0.6) is 0 Å². The lowest BCUT2D eigenvalue weighted by Crippen LogP contribution is -2.27. The van der Waals surface area contributed by atoms with Crippen molar-refractivity contribution >= 4 is 17.8 Å². The van der Waals surface area contributed by atoms with Gasteiger partial charge in [-0.15, -0.1) is 0 Å². The number of amides is 2. The highest BCUT2D eigenvalue weighted by atomic mass is 16.4. The van der Waals surface area contributed by atoms with Crippen molar-refractivity contribution < 1.29 is 14.7 Å². The molecule has 0 radical (unpaired) electrons. The van der Waals surface area contributed by atoms with Crippen molar-refractivity contribution in [2.75, 3.05) is 19.0 Å². The Hall–Kier alpha value is -2.31. The molecule has 2 N–H and O–H groups in total. The van der Waals surface area contributed by atoms with Crippen LogP contribution in [-0.2, 0) is 13.1 Å². The second-order valence-corrected chi connectivity index (χ2v) is 5.62. The summed E-state index contributed by atoms with van der Waals surface area (Å²) >= 11 is 0. The van der Waals surface area contributed by atoms with Gasteiger partial charge >= 0.3 is 6.09 Å². The summed E-state index contributed by atoms with van der Waals surface area (Å²) in [4.78, 5) is 30.8. The Bertz CT molecular complexity index is 612. The quantitative estimate of drug-likeness (QED) is 0.865. The average molecular weight is 290 g/mol. The number of nitrogens with zero attached hydrogens (tertiary/aromatic N) is 3. The average Bonchev–Trinajstić information content (AvgIpc) is 3.23. The lowest BCUT2D eigenvalue weighted by molar-refractivity contribution is 0.0965. The van der Waals surface area contributed by atoms with E-state index >= 15 is 0 Å². The van der Waals surface area contributed by atoms with Gasteiger partial charge in [-0.3, -0.25) is 4.79 Å². The van der Waals surface area contributed by atoms with Gasteiger partial charge in [-0.05, 0) is 18.9 Å². The molecule has 2 amide bonds. The van der Waals surface area contributed by atoms with E-state index in [-0.39, 0.29) is 12.5 Å². The summed E-state index contributed by atoms with van der Waals surface area (Å²) in [5.74, 6) is 0.624. The maximum absolute atomic E-state index is 11.9. The van der Waals surface area contributed by atoms with Crippen LogP contribution in [0.25, 0.3) is 0 Å². The van der Waals surface area contributed by atoms with E-state index in [1.54, 1.807) is 6.07 Å². The van der Waals surface area contributed by atoms with Crippen LogP contribution < -0.4 is 10.2 Å². The zero-order chi connectivity index (χ0) is 15.1. The minimum absolute atomic E-state index is 0.114. The third-order valence-electron chi connectivity index (χ3n) is 4.04. The molecule has 1 aliphatic carbocycles. The summed E-state index contributed by atoms with van der Waals surface area (Å²) < 4.78 is 0. The predicted octanol–water partition coefficient (Wildman–Crippen LogP) is 1.03. The van der Waals surface area contributed by atoms with Gasteiger partial charge in [0, 0.05) is 37.8 Å². The van der Waals surface area contributed by atoms with Crippen LogP contribution in [0.15, 0.2) is 6.07 Å². The van der Waals surface area contributed by atoms with E-state index in [1.807, 2.05) is 7.05 Å². The zero-order valence-corrected chi connectivity index (χ0v) is 12.1. The van der Waals surface area contributed by atoms with Gasteiger partial charge in [0.15, 0.2) is 0 Å². The van der Waals surface area contributed by atoms with Crippen LogP contribution in [0.4, 0.5) is 10.6 Å². The fourth-order valence-electron chi connectivity index (χ4n) is 2.53. The standard InChI is InChI=1S/C14H18N4O3/c1-17(14(20)21)7-11-10-6-15-13(19)9(10)5-12(16-11)18(2)8-3-4-8/h5,8H,3-4,6-7H2,1-2H3,(H,15,19)(H,20,21). The molecule has 112 valence electrons. The first-order chi connectivity index (χ1) is 9.97. The molecule has 7 heteroatoms. The van der Waals surface area contributed by atoms with Gasteiger partial charge in [0.25, 0.3) is 5.91 Å². The fourth-order valence-corrected chi connectivity index (χ4v) is 2.53. The molecule has 2 aliphatic rings. The van der Waals surface area contributed by atoms with E-state index in [9.17, 15) is 9.59 Å². The molecule has 1 aromatic rings. The van der Waals surface area contributed by atoms with Gasteiger partial charge in [-0.1, -0.05) is 0 Å². The highest BCUT2D eigenvalue weighted by molar-refractivity contribution is 5.99. The number of hydrogen-bond donors (Lipinski definition) is 2. The number of fused-ring (bicyclic) bond motifs is 1. The third kappa shape index (κ3) is 2.51. The summed E-state index contributed by atoms with van der Waals surface area (Å²) in [5, 5.41) is 11.8. The van der Waals surface area contributed by atoms with Crippen molar-refractivity contribution in [3.05, 3.63) is 22.9 Å². The molecule has 0 saturated heterocycles. The minimum Gasteiger partial charge on any atom is -0.465 e. The number of rotatable bonds is 4. The van der Waals surface area contributed by atoms with Crippen molar-refractivity contribution in [2.45, 2.75) is 32.0 Å². The Morgan fingerprint density at radius 3 is 2.81 bits per heavy atom. The molecule has 0 bridgehead atoms. The van der Waals surface area contributed by atoms with Crippen LogP contribution in [0.3, 0.4) is 0 Å². The van der Waals surface area contributed by atoms with Gasteiger partial charge in [0.2, 0.25) is 0 Å². The molecule has 0 spiro atoms. The molecule has 0 atom stereocenters. The number of carbonyl (C=O) groups is 2. The van der Waals surface area contributed by atoms with Crippen molar-refractivity contribution in [2.24, 2.45) is 0 Å². The number of carbonyl (C=O) groups excluding carboxylic acids is 1. The number of hydrogen-bond acceptors (Lipinski definition) is 4. The van der Waals surface area contributed by atoms with Gasteiger partial charge in [0.1, 0.15) is 5.82 Å². The fraction of sp³-hybridized carbons (Fsp3) is 0.500. The topological polar surface area (TPSA) is 85.8 Å². The number of pyridine rings is 1. The summed E-state index contributed by atoms with van der Waals surface area (Å²) in [6.45, 7) is 0.594. The first kappa shape index (κ1) is 13.7. The molecule has 1 aliphatic heterocycles. The molecule has 1 fully saturated rings. The van der Waals surface area contributed by atoms with Gasteiger partial charge < -0.3 is 20.2 Å². The van der Waals surface area contributed by atoms with Crippen LogP contribution in [-0.4, -0.2) is 47.1 Å². The lowest BCUT2D eigenvalue weighted by Gasteiger charge is -2.21. The van der Waals surface area contributed by atoms with Gasteiger partial charge in [-0.2, -0.15) is 0 Å². The zero-order valence-electron chi connectivity index (χ0n) is 12.1. The van der Waals surface area contributed by atoms with E-state index in [0.717, 1.165) is 24.2 Å². The SMILES string of the molecule is CN(Cc1nc(N(C)C2CC2)cc2c1CNC2=O)C(=O)O. The molecular weight excluding hydrogens is 272 g/mol. The first-order valence-corrected chi connectivity index (χ1v) is 6.95. The second-order valence-electron chi connectivity index (χ2n) is 5.62. The van der Waals surface area contributed by atoms with Crippen molar-refractivity contribution in [1.29, 1.82) is 0 Å². The molecule has 7 nitrogen and oxygen atoms in total.